The molecule has 0 bridgehead atoms. The quantitative estimate of drug-likeness (QED) is 0.607. The molecular weight excluding hydrogens is 156 g/mol. The van der Waals surface area contributed by atoms with Crippen molar-refractivity contribution in [2.45, 2.75) is 38.5 Å². The van der Waals surface area contributed by atoms with Crippen LogP contribution < -0.4 is 0 Å². The molecule has 0 N–H and O–H groups in total. The van der Waals surface area contributed by atoms with E-state index in [9.17, 15) is 0 Å². The molecule has 0 radical (unpaired) electrons. The van der Waals surface area contributed by atoms with E-state index >= 15 is 0 Å². The van der Waals surface area contributed by atoms with Gasteiger partial charge in [0.05, 0.1) is 0 Å². The minimum absolute atomic E-state index is 0.306. The zero-order valence-corrected chi connectivity index (χ0v) is 8.22. The molecule has 1 fully saturated rings. The molecule has 0 unspecified atom stereocenters. The van der Waals surface area contributed by atoms with Gasteiger partial charge in [-0.05, 0) is 30.2 Å². The van der Waals surface area contributed by atoms with Crippen LogP contribution in [-0.2, 0) is 0 Å². The fourth-order valence-electron chi connectivity index (χ4n) is 1.94. The molecule has 0 heteroatoms. The van der Waals surface area contributed by atoms with Crippen LogP contribution in [0, 0.1) is 5.89 Å². The van der Waals surface area contributed by atoms with Gasteiger partial charge in [-0.3, -0.25) is 0 Å². The van der Waals surface area contributed by atoms with E-state index in [-0.39, 0.29) is 5.89 Å². The molecular formula is C13H18. The Morgan fingerprint density at radius 3 is 2.31 bits per heavy atom. The van der Waals surface area contributed by atoms with Crippen molar-refractivity contribution in [1.29, 1.82) is 0 Å². The highest BCUT2D eigenvalue weighted by molar-refractivity contribution is 5.19. The third-order valence-electron chi connectivity index (χ3n) is 2.89. The van der Waals surface area contributed by atoms with Crippen LogP contribution in [0.25, 0.3) is 0 Å². The van der Waals surface area contributed by atoms with Gasteiger partial charge in [0.2, 0.25) is 0 Å². The lowest BCUT2D eigenvalue weighted by Crippen LogP contribution is -2.10. The third-order valence-corrected chi connectivity index (χ3v) is 2.89. The maximum atomic E-state index is 8.45. The monoisotopic (exact) mass is 176 g/mol. The highest BCUT2D eigenvalue weighted by Gasteiger charge is 2.18. The summed E-state index contributed by atoms with van der Waals surface area (Å²) in [6.45, 7) is 1.98. The Labute approximate surface area is 83.8 Å². The number of benzene rings is 1. The first-order valence-corrected chi connectivity index (χ1v) is 5.07. The first-order valence-electron chi connectivity index (χ1n) is 6.07. The molecule has 0 atom stereocenters. The lowest BCUT2D eigenvalue weighted by molar-refractivity contribution is 0.348. The summed E-state index contributed by atoms with van der Waals surface area (Å²) in [7, 11) is 0. The Morgan fingerprint density at radius 1 is 1.08 bits per heavy atom. The van der Waals surface area contributed by atoms with Crippen LogP contribution in [0.1, 0.15) is 46.8 Å². The average Bonchev–Trinajstić information content (AvgIpc) is 2.24. The Kier molecular flexibility index (Phi) is 2.02. The molecule has 70 valence electrons. The van der Waals surface area contributed by atoms with Gasteiger partial charge in [-0.25, -0.2) is 0 Å². The molecule has 0 spiro atoms. The summed E-state index contributed by atoms with van der Waals surface area (Å²) in [4.78, 5) is 0. The van der Waals surface area contributed by atoms with Crippen molar-refractivity contribution in [3.05, 3.63) is 35.9 Å². The number of rotatable bonds is 1. The predicted octanol–water partition coefficient (Wildman–Crippen LogP) is 3.98. The fraction of sp³-hybridized carbons (Fsp3) is 0.538. The molecule has 2 rings (SSSR count). The highest BCUT2D eigenvalue weighted by atomic mass is 14.2. The lowest BCUT2D eigenvalue weighted by Gasteiger charge is -2.26. The van der Waals surface area contributed by atoms with Gasteiger partial charge < -0.3 is 0 Å². The van der Waals surface area contributed by atoms with Crippen molar-refractivity contribution in [3.8, 4) is 0 Å². The van der Waals surface area contributed by atoms with Gasteiger partial charge in [0, 0.05) is 2.74 Å². The molecule has 0 amide bonds. The number of hydrogen-bond donors (Lipinski definition) is 0. The molecule has 1 saturated carbocycles. The SMILES string of the molecule is [2H]C1(C)CCC([2H])(c2ccccc2)CC1. The minimum Gasteiger partial charge on any atom is -0.0625 e. The lowest BCUT2D eigenvalue weighted by atomic mass is 9.79. The van der Waals surface area contributed by atoms with E-state index in [1.54, 1.807) is 0 Å². The van der Waals surface area contributed by atoms with E-state index in [2.05, 4.69) is 0 Å². The largest absolute Gasteiger partial charge is 0.0625 e. The molecule has 0 saturated heterocycles. The summed E-state index contributed by atoms with van der Waals surface area (Å²) >= 11 is 0. The van der Waals surface area contributed by atoms with E-state index in [4.69, 9.17) is 2.74 Å². The standard InChI is InChI=1S/C13H18/c1-11-7-9-13(10-8-11)12-5-3-2-4-6-12/h2-6,11,13H,7-10H2,1H3/i11D,13D. The Bertz CT molecular complexity index is 320. The molecule has 0 nitrogen and oxygen atoms in total. The van der Waals surface area contributed by atoms with Gasteiger partial charge in [0.15, 0.2) is 0 Å². The summed E-state index contributed by atoms with van der Waals surface area (Å²) < 4.78 is 16.4. The second-order valence-corrected chi connectivity index (χ2v) is 3.93. The Balaban J connectivity index is 2.17. The smallest absolute Gasteiger partial charge is 0.0352 e. The van der Waals surface area contributed by atoms with Crippen molar-refractivity contribution in [2.24, 2.45) is 5.89 Å². The van der Waals surface area contributed by atoms with Crippen molar-refractivity contribution < 1.29 is 2.74 Å². The van der Waals surface area contributed by atoms with Crippen LogP contribution in [-0.4, -0.2) is 0 Å². The van der Waals surface area contributed by atoms with Crippen LogP contribution in [0.15, 0.2) is 30.3 Å². The summed E-state index contributed by atoms with van der Waals surface area (Å²) in [6.07, 6.45) is 3.31. The van der Waals surface area contributed by atoms with Crippen LogP contribution >= 0.6 is 0 Å². The number of hydrogen-bond acceptors (Lipinski definition) is 0. The van der Waals surface area contributed by atoms with E-state index < -0.39 is 5.89 Å². The molecule has 0 aromatic heterocycles. The fourth-order valence-corrected chi connectivity index (χ4v) is 1.94. The van der Waals surface area contributed by atoms with Crippen molar-refractivity contribution in [3.63, 3.8) is 0 Å². The van der Waals surface area contributed by atoms with Crippen LogP contribution in [0.3, 0.4) is 0 Å². The van der Waals surface area contributed by atoms with Crippen LogP contribution in [0.5, 0.6) is 0 Å². The highest BCUT2D eigenvalue weighted by Crippen LogP contribution is 2.35. The van der Waals surface area contributed by atoms with Gasteiger partial charge in [0.1, 0.15) is 0 Å². The van der Waals surface area contributed by atoms with Gasteiger partial charge in [-0.1, -0.05) is 50.1 Å². The summed E-state index contributed by atoms with van der Waals surface area (Å²) in [5.74, 6) is -0.749. The average molecular weight is 176 g/mol. The van der Waals surface area contributed by atoms with Gasteiger partial charge >= 0.3 is 0 Å². The zero-order valence-electron chi connectivity index (χ0n) is 10.2. The Hall–Kier alpha value is -0.780. The predicted molar refractivity (Wildman–Crippen MR) is 56.8 cm³/mol. The van der Waals surface area contributed by atoms with Crippen molar-refractivity contribution >= 4 is 0 Å². The van der Waals surface area contributed by atoms with Crippen molar-refractivity contribution in [1.82, 2.24) is 0 Å². The van der Waals surface area contributed by atoms with Crippen molar-refractivity contribution in [2.75, 3.05) is 0 Å². The second-order valence-electron chi connectivity index (χ2n) is 3.93. The minimum atomic E-state index is -0.443. The third kappa shape index (κ3) is 2.12. The molecule has 1 aromatic rings. The molecule has 1 aliphatic carbocycles. The van der Waals surface area contributed by atoms with E-state index in [0.717, 1.165) is 31.2 Å². The van der Waals surface area contributed by atoms with E-state index in [1.807, 2.05) is 37.3 Å². The molecule has 13 heavy (non-hydrogen) atoms. The van der Waals surface area contributed by atoms with Crippen LogP contribution in [0.4, 0.5) is 0 Å². The molecule has 0 aliphatic heterocycles. The van der Waals surface area contributed by atoms with Gasteiger partial charge in [0.25, 0.3) is 0 Å². The maximum absolute atomic E-state index is 8.45. The van der Waals surface area contributed by atoms with E-state index in [0.29, 0.717) is 0 Å². The molecule has 1 aromatic carbocycles. The molecule has 0 heterocycles. The van der Waals surface area contributed by atoms with Gasteiger partial charge in [-0.2, -0.15) is 0 Å². The normalized spacial score (nSPS) is 42.2. The zero-order chi connectivity index (χ0) is 10.9. The molecule has 1 aliphatic rings. The maximum Gasteiger partial charge on any atom is 0.0352 e. The van der Waals surface area contributed by atoms with E-state index in [1.165, 1.54) is 0 Å². The van der Waals surface area contributed by atoms with Crippen LogP contribution in [0.2, 0.25) is 0 Å². The Morgan fingerprint density at radius 2 is 1.69 bits per heavy atom. The summed E-state index contributed by atoms with van der Waals surface area (Å²) in [5, 5.41) is 0. The first-order chi connectivity index (χ1) is 7.02. The first kappa shape index (κ1) is 6.64. The second kappa shape index (κ2) is 3.95. The summed E-state index contributed by atoms with van der Waals surface area (Å²) in [5.41, 5.74) is 1.11. The summed E-state index contributed by atoms with van der Waals surface area (Å²) in [6, 6.07) is 10.1. The van der Waals surface area contributed by atoms with Gasteiger partial charge in [-0.15, -0.1) is 0 Å². The topological polar surface area (TPSA) is 0 Å².